The topological polar surface area (TPSA) is 69.3 Å². The summed E-state index contributed by atoms with van der Waals surface area (Å²) < 4.78 is 13.5. The van der Waals surface area contributed by atoms with Gasteiger partial charge in [-0.05, 0) is 30.8 Å². The van der Waals surface area contributed by atoms with Crippen molar-refractivity contribution in [2.45, 2.75) is 13.5 Å². The Labute approximate surface area is 176 Å². The first-order chi connectivity index (χ1) is 13.8. The molecule has 2 aromatic carbocycles. The number of hydrogen-bond acceptors (Lipinski definition) is 4. The van der Waals surface area contributed by atoms with Crippen LogP contribution in [0.4, 0.5) is 10.1 Å². The average Bonchev–Trinajstić information content (AvgIpc) is 2.66. The third-order valence-corrected chi connectivity index (χ3v) is 5.15. The highest BCUT2D eigenvalue weighted by atomic mass is 35.5. The summed E-state index contributed by atoms with van der Waals surface area (Å²) in [4.78, 5) is 35.2. The van der Waals surface area contributed by atoms with Crippen LogP contribution in [0.15, 0.2) is 41.2 Å². The first-order valence-corrected chi connectivity index (χ1v) is 9.67. The summed E-state index contributed by atoms with van der Waals surface area (Å²) in [5.74, 6) is -0.348. The summed E-state index contributed by atoms with van der Waals surface area (Å²) in [5.41, 5.74) is 0.350. The number of halogens is 3. The smallest absolute Gasteiger partial charge is 0.258 e. The van der Waals surface area contributed by atoms with Gasteiger partial charge in [0.15, 0.2) is 0 Å². The van der Waals surface area contributed by atoms with Crippen LogP contribution in [-0.4, -0.2) is 40.9 Å². The lowest BCUT2D eigenvalue weighted by Gasteiger charge is -2.25. The van der Waals surface area contributed by atoms with Gasteiger partial charge in [0.1, 0.15) is 11.6 Å². The number of rotatable bonds is 6. The number of para-hydroxylation sites is 1. The molecule has 0 bridgehead atoms. The van der Waals surface area contributed by atoms with E-state index in [9.17, 15) is 14.0 Å². The normalized spacial score (nSPS) is 11.2. The van der Waals surface area contributed by atoms with Gasteiger partial charge in [0, 0.05) is 13.1 Å². The Bertz CT molecular complexity index is 1100. The van der Waals surface area contributed by atoms with Gasteiger partial charge in [0.05, 0.1) is 39.7 Å². The zero-order valence-corrected chi connectivity index (χ0v) is 17.4. The molecule has 1 N–H and O–H groups in total. The predicted octanol–water partition coefficient (Wildman–Crippen LogP) is 3.85. The van der Waals surface area contributed by atoms with Gasteiger partial charge in [-0.3, -0.25) is 14.5 Å². The monoisotopic (exact) mass is 436 g/mol. The SMILES string of the molecule is CCN(CC(=O)N(C)c1c(Cl)cccc1Cl)Cc1nc2cc(F)ccc2c(=O)[nH]1. The highest BCUT2D eigenvalue weighted by molar-refractivity contribution is 6.39. The second kappa shape index (κ2) is 8.90. The van der Waals surface area contributed by atoms with Gasteiger partial charge in [-0.1, -0.05) is 36.2 Å². The molecule has 1 amide bonds. The summed E-state index contributed by atoms with van der Waals surface area (Å²) in [5, 5.41) is 1.06. The number of amides is 1. The molecule has 0 aliphatic carbocycles. The Kier molecular flexibility index (Phi) is 6.52. The van der Waals surface area contributed by atoms with Gasteiger partial charge in [0.25, 0.3) is 5.56 Å². The van der Waals surface area contributed by atoms with Gasteiger partial charge >= 0.3 is 0 Å². The number of nitrogens with zero attached hydrogens (tertiary/aromatic N) is 3. The first-order valence-electron chi connectivity index (χ1n) is 8.91. The van der Waals surface area contributed by atoms with E-state index in [1.165, 1.54) is 23.1 Å². The zero-order valence-electron chi connectivity index (χ0n) is 15.9. The predicted molar refractivity (Wildman–Crippen MR) is 113 cm³/mol. The second-order valence-corrected chi connectivity index (χ2v) is 7.31. The van der Waals surface area contributed by atoms with Crippen LogP contribution in [-0.2, 0) is 11.3 Å². The van der Waals surface area contributed by atoms with E-state index < -0.39 is 5.82 Å². The summed E-state index contributed by atoms with van der Waals surface area (Å²) in [7, 11) is 1.60. The van der Waals surface area contributed by atoms with Crippen molar-refractivity contribution in [3.63, 3.8) is 0 Å². The molecule has 0 aliphatic rings. The zero-order chi connectivity index (χ0) is 21.1. The van der Waals surface area contributed by atoms with E-state index in [1.54, 1.807) is 30.1 Å². The van der Waals surface area contributed by atoms with E-state index in [1.807, 2.05) is 6.92 Å². The van der Waals surface area contributed by atoms with Crippen molar-refractivity contribution in [2.24, 2.45) is 0 Å². The summed E-state index contributed by atoms with van der Waals surface area (Å²) in [6.45, 7) is 2.68. The first kappa shape index (κ1) is 21.2. The van der Waals surface area contributed by atoms with Gasteiger partial charge in [-0.25, -0.2) is 9.37 Å². The van der Waals surface area contributed by atoms with Gasteiger partial charge in [0.2, 0.25) is 5.91 Å². The lowest BCUT2D eigenvalue weighted by molar-refractivity contribution is -0.119. The number of fused-ring (bicyclic) bond motifs is 1. The summed E-state index contributed by atoms with van der Waals surface area (Å²) >= 11 is 12.4. The van der Waals surface area contributed by atoms with Crippen molar-refractivity contribution < 1.29 is 9.18 Å². The Hall–Kier alpha value is -2.48. The summed E-state index contributed by atoms with van der Waals surface area (Å²) in [6.07, 6.45) is 0. The Morgan fingerprint density at radius 1 is 1.21 bits per heavy atom. The Balaban J connectivity index is 1.79. The molecule has 29 heavy (non-hydrogen) atoms. The molecule has 3 aromatic rings. The number of carbonyl (C=O) groups is 1. The van der Waals surface area contributed by atoms with Crippen molar-refractivity contribution in [1.29, 1.82) is 0 Å². The van der Waals surface area contributed by atoms with Crippen molar-refractivity contribution in [3.8, 4) is 0 Å². The molecule has 1 heterocycles. The fourth-order valence-electron chi connectivity index (χ4n) is 2.96. The van der Waals surface area contributed by atoms with E-state index in [-0.39, 0.29) is 30.1 Å². The number of anilines is 1. The molecule has 0 saturated heterocycles. The Morgan fingerprint density at radius 3 is 2.55 bits per heavy atom. The molecule has 0 radical (unpaired) electrons. The number of aromatic nitrogens is 2. The van der Waals surface area contributed by atoms with Crippen LogP contribution >= 0.6 is 23.2 Å². The third-order valence-electron chi connectivity index (χ3n) is 4.54. The van der Waals surface area contributed by atoms with E-state index >= 15 is 0 Å². The molecule has 0 spiro atoms. The van der Waals surface area contributed by atoms with Crippen LogP contribution in [0.3, 0.4) is 0 Å². The fraction of sp³-hybridized carbons (Fsp3) is 0.250. The maximum Gasteiger partial charge on any atom is 0.258 e. The number of hydrogen-bond donors (Lipinski definition) is 1. The largest absolute Gasteiger partial charge is 0.312 e. The molecule has 0 saturated carbocycles. The molecule has 0 aliphatic heterocycles. The lowest BCUT2D eigenvalue weighted by atomic mass is 10.2. The maximum atomic E-state index is 13.5. The maximum absolute atomic E-state index is 13.5. The molecular weight excluding hydrogens is 418 g/mol. The van der Waals surface area contributed by atoms with E-state index in [0.29, 0.717) is 33.5 Å². The van der Waals surface area contributed by atoms with Crippen molar-refractivity contribution in [2.75, 3.05) is 25.0 Å². The quantitative estimate of drug-likeness (QED) is 0.636. The van der Waals surface area contributed by atoms with E-state index in [0.717, 1.165) is 0 Å². The van der Waals surface area contributed by atoms with Crippen LogP contribution < -0.4 is 10.5 Å². The number of aromatic amines is 1. The number of H-pyrrole nitrogens is 1. The van der Waals surface area contributed by atoms with Crippen LogP contribution in [0, 0.1) is 5.82 Å². The number of nitrogens with one attached hydrogen (secondary N) is 1. The van der Waals surface area contributed by atoms with Crippen LogP contribution in [0.5, 0.6) is 0 Å². The van der Waals surface area contributed by atoms with Gasteiger partial charge < -0.3 is 9.88 Å². The van der Waals surface area contributed by atoms with E-state index in [2.05, 4.69) is 9.97 Å². The molecule has 0 unspecified atom stereocenters. The molecule has 3 rings (SSSR count). The van der Waals surface area contributed by atoms with Crippen molar-refractivity contribution in [3.05, 3.63) is 68.4 Å². The second-order valence-electron chi connectivity index (χ2n) is 6.50. The van der Waals surface area contributed by atoms with Crippen molar-refractivity contribution in [1.82, 2.24) is 14.9 Å². The van der Waals surface area contributed by atoms with Crippen LogP contribution in [0.25, 0.3) is 10.9 Å². The highest BCUT2D eigenvalue weighted by Crippen LogP contribution is 2.32. The highest BCUT2D eigenvalue weighted by Gasteiger charge is 2.20. The molecular formula is C20H19Cl2FN4O2. The van der Waals surface area contributed by atoms with Crippen LogP contribution in [0.1, 0.15) is 12.7 Å². The average molecular weight is 437 g/mol. The minimum absolute atomic E-state index is 0.0550. The molecule has 152 valence electrons. The minimum Gasteiger partial charge on any atom is -0.312 e. The van der Waals surface area contributed by atoms with Crippen molar-refractivity contribution >= 4 is 45.7 Å². The van der Waals surface area contributed by atoms with Gasteiger partial charge in [-0.15, -0.1) is 0 Å². The van der Waals surface area contributed by atoms with Gasteiger partial charge in [-0.2, -0.15) is 0 Å². The molecule has 6 nitrogen and oxygen atoms in total. The standard InChI is InChI=1S/C20H19Cl2FN4O2/c1-3-27(11-18(28)26(2)19-14(21)5-4-6-15(19)22)10-17-24-16-9-12(23)7-8-13(16)20(29)25-17/h4-9H,3,10-11H2,1-2H3,(H,24,25,29). The molecule has 0 fully saturated rings. The lowest BCUT2D eigenvalue weighted by Crippen LogP contribution is -2.39. The molecule has 9 heteroatoms. The number of benzene rings is 2. The molecule has 0 atom stereocenters. The van der Waals surface area contributed by atoms with E-state index in [4.69, 9.17) is 23.2 Å². The summed E-state index contributed by atoms with van der Waals surface area (Å²) in [6, 6.07) is 8.84. The molecule has 1 aromatic heterocycles. The third kappa shape index (κ3) is 4.75. The Morgan fingerprint density at radius 2 is 1.90 bits per heavy atom. The minimum atomic E-state index is -0.470. The number of likely N-dealkylation sites (N-methyl/N-ethyl adjacent to an activating group) is 2. The fourth-order valence-corrected chi connectivity index (χ4v) is 3.61. The van der Waals surface area contributed by atoms with Crippen LogP contribution in [0.2, 0.25) is 10.0 Å². The number of carbonyl (C=O) groups excluding carboxylic acids is 1.